The van der Waals surface area contributed by atoms with Gasteiger partial charge in [0, 0.05) is 36.7 Å². The van der Waals surface area contributed by atoms with E-state index in [1.807, 2.05) is 6.07 Å². The van der Waals surface area contributed by atoms with Crippen molar-refractivity contribution in [1.29, 1.82) is 0 Å². The molecule has 2 aromatic rings. The zero-order valence-electron chi connectivity index (χ0n) is 19.0. The van der Waals surface area contributed by atoms with Crippen LogP contribution >= 0.6 is 0 Å². The smallest absolute Gasteiger partial charge is 0.224 e. The van der Waals surface area contributed by atoms with Crippen LogP contribution in [0, 0.1) is 0 Å². The van der Waals surface area contributed by atoms with E-state index in [9.17, 15) is 15.1 Å². The van der Waals surface area contributed by atoms with E-state index in [2.05, 4.69) is 20.9 Å². The largest absolute Gasteiger partial charge is 0.507 e. The molecular formula is C23H40N6O3. The van der Waals surface area contributed by atoms with Crippen LogP contribution in [0.25, 0.3) is 10.9 Å². The van der Waals surface area contributed by atoms with E-state index in [4.69, 9.17) is 5.73 Å². The maximum Gasteiger partial charge on any atom is 0.224 e. The SMILES string of the molecule is NCCCCNCCCNCCCN(O)CCCNC(=O)Cc1c[nH]c2cccc(O)c12. The highest BCUT2D eigenvalue weighted by Crippen LogP contribution is 2.27. The molecule has 0 saturated heterocycles. The predicted molar refractivity (Wildman–Crippen MR) is 128 cm³/mol. The maximum absolute atomic E-state index is 12.2. The third kappa shape index (κ3) is 9.97. The highest BCUT2D eigenvalue weighted by atomic mass is 16.5. The summed E-state index contributed by atoms with van der Waals surface area (Å²) < 4.78 is 0. The number of amides is 1. The van der Waals surface area contributed by atoms with Gasteiger partial charge in [-0.1, -0.05) is 6.07 Å². The van der Waals surface area contributed by atoms with Gasteiger partial charge in [-0.2, -0.15) is 5.06 Å². The van der Waals surface area contributed by atoms with E-state index in [1.165, 1.54) is 5.06 Å². The first-order chi connectivity index (χ1) is 15.6. The fraction of sp³-hybridized carbons (Fsp3) is 0.609. The van der Waals surface area contributed by atoms with Crippen molar-refractivity contribution in [3.05, 3.63) is 30.0 Å². The van der Waals surface area contributed by atoms with Crippen LogP contribution in [0.2, 0.25) is 0 Å². The van der Waals surface area contributed by atoms with Crippen molar-refractivity contribution in [3.8, 4) is 5.75 Å². The van der Waals surface area contributed by atoms with Crippen LogP contribution in [0.15, 0.2) is 24.4 Å². The Hall–Kier alpha value is -2.17. The molecular weight excluding hydrogens is 408 g/mol. The van der Waals surface area contributed by atoms with E-state index in [0.29, 0.717) is 31.4 Å². The molecule has 0 spiro atoms. The minimum atomic E-state index is -0.100. The van der Waals surface area contributed by atoms with Gasteiger partial charge in [0.05, 0.1) is 6.42 Å². The molecule has 1 aromatic heterocycles. The molecule has 0 saturated carbocycles. The van der Waals surface area contributed by atoms with Crippen LogP contribution in [0.1, 0.15) is 37.7 Å². The number of hydrogen-bond acceptors (Lipinski definition) is 7. The Morgan fingerprint density at radius 2 is 1.66 bits per heavy atom. The number of rotatable bonds is 18. The van der Waals surface area contributed by atoms with Crippen LogP contribution in [-0.2, 0) is 11.2 Å². The molecule has 0 aliphatic heterocycles. The second-order valence-corrected chi connectivity index (χ2v) is 8.05. The highest BCUT2D eigenvalue weighted by Gasteiger charge is 2.11. The number of aromatic hydroxyl groups is 1. The fourth-order valence-corrected chi connectivity index (χ4v) is 3.58. The molecule has 1 heterocycles. The Morgan fingerprint density at radius 3 is 2.41 bits per heavy atom. The van der Waals surface area contributed by atoms with Gasteiger partial charge >= 0.3 is 0 Å². The molecule has 0 bridgehead atoms. The maximum atomic E-state index is 12.2. The number of benzene rings is 1. The van der Waals surface area contributed by atoms with Crippen molar-refractivity contribution < 1.29 is 15.1 Å². The van der Waals surface area contributed by atoms with Gasteiger partial charge in [-0.3, -0.25) is 4.79 Å². The summed E-state index contributed by atoms with van der Waals surface area (Å²) in [5.41, 5.74) is 7.05. The van der Waals surface area contributed by atoms with Gasteiger partial charge in [0.2, 0.25) is 5.91 Å². The monoisotopic (exact) mass is 448 g/mol. The number of aromatic nitrogens is 1. The first-order valence-corrected chi connectivity index (χ1v) is 11.7. The zero-order chi connectivity index (χ0) is 23.0. The fourth-order valence-electron chi connectivity index (χ4n) is 3.58. The number of hydrogen-bond donors (Lipinski definition) is 7. The minimum Gasteiger partial charge on any atom is -0.507 e. The normalized spacial score (nSPS) is 11.5. The number of phenolic OH excluding ortho intramolecular Hbond substituents is 1. The third-order valence-electron chi connectivity index (χ3n) is 5.32. The van der Waals surface area contributed by atoms with Gasteiger partial charge in [-0.05, 0) is 82.5 Å². The predicted octanol–water partition coefficient (Wildman–Crippen LogP) is 1.31. The molecule has 0 atom stereocenters. The lowest BCUT2D eigenvalue weighted by Gasteiger charge is -2.15. The first kappa shape index (κ1) is 26.1. The van der Waals surface area contributed by atoms with Crippen LogP contribution in [0.5, 0.6) is 5.75 Å². The molecule has 180 valence electrons. The van der Waals surface area contributed by atoms with E-state index < -0.39 is 0 Å². The van der Waals surface area contributed by atoms with Crippen molar-refractivity contribution in [1.82, 2.24) is 26.0 Å². The number of nitrogens with zero attached hydrogens (tertiary/aromatic N) is 1. The average molecular weight is 449 g/mol. The second-order valence-electron chi connectivity index (χ2n) is 8.05. The van der Waals surface area contributed by atoms with Gasteiger partial charge in [0.1, 0.15) is 5.75 Å². The molecule has 0 radical (unpaired) electrons. The summed E-state index contributed by atoms with van der Waals surface area (Å²) >= 11 is 0. The topological polar surface area (TPSA) is 139 Å². The van der Waals surface area contributed by atoms with Gasteiger partial charge in [0.25, 0.3) is 0 Å². The van der Waals surface area contributed by atoms with Crippen molar-refractivity contribution in [2.24, 2.45) is 5.73 Å². The van der Waals surface area contributed by atoms with Gasteiger partial charge < -0.3 is 37.0 Å². The van der Waals surface area contributed by atoms with Crippen LogP contribution < -0.4 is 21.7 Å². The standard InChI is InChI=1S/C23H40N6O3/c24-9-1-2-10-25-11-4-12-26-13-5-15-29(32)16-6-14-27-22(31)17-19-18-28-20-7-3-8-21(30)23(19)20/h3,7-8,18,25-26,28,30,32H,1-2,4-6,9-17,24H2,(H,27,31). The Bertz CT molecular complexity index is 782. The number of aromatic amines is 1. The lowest BCUT2D eigenvalue weighted by Crippen LogP contribution is -2.31. The number of fused-ring (bicyclic) bond motifs is 1. The number of H-pyrrole nitrogens is 1. The number of phenols is 1. The molecule has 0 aliphatic carbocycles. The molecule has 2 rings (SSSR count). The Labute approximate surface area is 190 Å². The Kier molecular flexibility index (Phi) is 12.7. The number of nitrogens with two attached hydrogens (primary N) is 1. The Morgan fingerprint density at radius 1 is 0.969 bits per heavy atom. The van der Waals surface area contributed by atoms with E-state index in [1.54, 1.807) is 18.3 Å². The second kappa shape index (κ2) is 15.6. The molecule has 1 aromatic carbocycles. The lowest BCUT2D eigenvalue weighted by molar-refractivity contribution is -0.120. The summed E-state index contributed by atoms with van der Waals surface area (Å²) in [5, 5.41) is 31.6. The summed E-state index contributed by atoms with van der Waals surface area (Å²) in [7, 11) is 0. The number of carbonyl (C=O) groups is 1. The summed E-state index contributed by atoms with van der Waals surface area (Å²) in [6.45, 7) is 6.26. The van der Waals surface area contributed by atoms with E-state index in [-0.39, 0.29) is 18.1 Å². The number of nitrogens with one attached hydrogen (secondary N) is 4. The minimum absolute atomic E-state index is 0.100. The van der Waals surface area contributed by atoms with E-state index in [0.717, 1.165) is 69.5 Å². The summed E-state index contributed by atoms with van der Waals surface area (Å²) in [4.78, 5) is 15.3. The van der Waals surface area contributed by atoms with Gasteiger partial charge in [-0.25, -0.2) is 0 Å². The van der Waals surface area contributed by atoms with E-state index >= 15 is 0 Å². The van der Waals surface area contributed by atoms with Gasteiger partial charge in [-0.15, -0.1) is 0 Å². The Balaban J connectivity index is 1.45. The van der Waals surface area contributed by atoms with Crippen molar-refractivity contribution >= 4 is 16.8 Å². The van der Waals surface area contributed by atoms with Crippen molar-refractivity contribution in [2.75, 3.05) is 52.4 Å². The number of hydroxylamine groups is 2. The summed E-state index contributed by atoms with van der Waals surface area (Å²) in [6.07, 6.45) is 6.80. The molecule has 32 heavy (non-hydrogen) atoms. The number of carbonyl (C=O) groups excluding carboxylic acids is 1. The highest BCUT2D eigenvalue weighted by molar-refractivity contribution is 5.92. The molecule has 9 heteroatoms. The summed E-state index contributed by atoms with van der Waals surface area (Å²) in [6, 6.07) is 5.25. The van der Waals surface area contributed by atoms with Crippen molar-refractivity contribution in [2.45, 2.75) is 38.5 Å². The third-order valence-corrected chi connectivity index (χ3v) is 5.32. The zero-order valence-corrected chi connectivity index (χ0v) is 19.0. The lowest BCUT2D eigenvalue weighted by atomic mass is 10.1. The molecule has 9 nitrogen and oxygen atoms in total. The molecule has 0 unspecified atom stereocenters. The average Bonchev–Trinajstić information content (AvgIpc) is 3.19. The quantitative estimate of drug-likeness (QED) is 0.135. The molecule has 0 aliphatic rings. The van der Waals surface area contributed by atoms with Crippen LogP contribution in [0.4, 0.5) is 0 Å². The van der Waals surface area contributed by atoms with Crippen LogP contribution in [0.3, 0.4) is 0 Å². The molecule has 8 N–H and O–H groups in total. The van der Waals surface area contributed by atoms with Crippen molar-refractivity contribution in [3.63, 3.8) is 0 Å². The first-order valence-electron chi connectivity index (χ1n) is 11.7. The number of unbranched alkanes of at least 4 members (excludes halogenated alkanes) is 1. The van der Waals surface area contributed by atoms with Crippen LogP contribution in [-0.4, -0.2) is 78.6 Å². The van der Waals surface area contributed by atoms with Gasteiger partial charge in [0.15, 0.2) is 0 Å². The molecule has 1 amide bonds. The molecule has 0 fully saturated rings. The summed E-state index contributed by atoms with van der Waals surface area (Å²) in [5.74, 6) is 0.0728.